The van der Waals surface area contributed by atoms with Gasteiger partial charge in [0.15, 0.2) is 0 Å². The number of hydrogen-bond donors (Lipinski definition) is 2. The first-order chi connectivity index (χ1) is 9.74. The van der Waals surface area contributed by atoms with Crippen LogP contribution in [0.25, 0.3) is 0 Å². The van der Waals surface area contributed by atoms with Gasteiger partial charge >= 0.3 is 0 Å². The third-order valence-corrected chi connectivity index (χ3v) is 3.67. The first-order valence-electron chi connectivity index (χ1n) is 8.74. The van der Waals surface area contributed by atoms with E-state index in [4.69, 9.17) is 0 Å². The van der Waals surface area contributed by atoms with Gasteiger partial charge < -0.3 is 10.6 Å². The maximum Gasteiger partial charge on any atom is 0.220 e. The molecule has 1 fully saturated rings. The van der Waals surface area contributed by atoms with Gasteiger partial charge in [-0.2, -0.15) is 0 Å². The minimum absolute atomic E-state index is 0.241. The highest BCUT2D eigenvalue weighted by molar-refractivity contribution is 5.76. The minimum Gasteiger partial charge on any atom is -0.353 e. The van der Waals surface area contributed by atoms with Crippen LogP contribution >= 0.6 is 0 Å². The molecule has 1 aliphatic heterocycles. The Morgan fingerprint density at radius 1 is 0.950 bits per heavy atom. The largest absolute Gasteiger partial charge is 0.353 e. The van der Waals surface area contributed by atoms with E-state index >= 15 is 0 Å². The van der Waals surface area contributed by atoms with Crippen molar-refractivity contribution in [1.82, 2.24) is 10.6 Å². The molecule has 0 spiro atoms. The number of hydrogen-bond acceptors (Lipinski definition) is 2. The van der Waals surface area contributed by atoms with Gasteiger partial charge in [0, 0.05) is 12.5 Å². The molecule has 3 heteroatoms. The van der Waals surface area contributed by atoms with Crippen LogP contribution in [0.5, 0.6) is 0 Å². The van der Waals surface area contributed by atoms with Crippen LogP contribution in [0.15, 0.2) is 0 Å². The van der Waals surface area contributed by atoms with Crippen molar-refractivity contribution in [2.75, 3.05) is 13.1 Å². The lowest BCUT2D eigenvalue weighted by Crippen LogP contribution is -2.42. The second-order valence-corrected chi connectivity index (χ2v) is 5.76. The van der Waals surface area contributed by atoms with Gasteiger partial charge in [0.1, 0.15) is 0 Å². The Hall–Kier alpha value is -0.570. The van der Waals surface area contributed by atoms with E-state index in [1.807, 2.05) is 0 Å². The zero-order valence-electron chi connectivity index (χ0n) is 14.0. The number of rotatable bonds is 8. The predicted molar refractivity (Wildman–Crippen MR) is 88.0 cm³/mol. The lowest BCUT2D eigenvalue weighted by molar-refractivity contribution is -0.122. The number of piperidine rings is 1. The molecule has 0 aromatic rings. The van der Waals surface area contributed by atoms with Gasteiger partial charge in [0.05, 0.1) is 0 Å². The second kappa shape index (κ2) is 14.8. The van der Waals surface area contributed by atoms with E-state index in [1.54, 1.807) is 0 Å². The van der Waals surface area contributed by atoms with Crippen molar-refractivity contribution in [2.45, 2.75) is 91.0 Å². The van der Waals surface area contributed by atoms with Gasteiger partial charge in [-0.05, 0) is 32.4 Å². The van der Waals surface area contributed by atoms with Crippen molar-refractivity contribution in [3.05, 3.63) is 0 Å². The summed E-state index contributed by atoms with van der Waals surface area (Å²) >= 11 is 0. The molecule has 120 valence electrons. The van der Waals surface area contributed by atoms with Crippen molar-refractivity contribution >= 4 is 5.91 Å². The van der Waals surface area contributed by atoms with Gasteiger partial charge in [-0.25, -0.2) is 0 Å². The predicted octanol–water partition coefficient (Wildman–Crippen LogP) is 4.02. The Balaban J connectivity index is 0.000000511. The fourth-order valence-electron chi connectivity index (χ4n) is 2.30. The highest BCUT2D eigenvalue weighted by Crippen LogP contribution is 2.04. The molecule has 0 radical (unpaired) electrons. The number of nitrogens with one attached hydrogen (secondary N) is 2. The first-order valence-corrected chi connectivity index (χ1v) is 8.74. The molecule has 0 aromatic carbocycles. The van der Waals surface area contributed by atoms with E-state index in [-0.39, 0.29) is 5.91 Å². The van der Waals surface area contributed by atoms with Crippen LogP contribution in [0.2, 0.25) is 0 Å². The highest BCUT2D eigenvalue weighted by atomic mass is 16.1. The smallest absolute Gasteiger partial charge is 0.220 e. The number of carbonyl (C=O) groups excluding carboxylic acids is 1. The quantitative estimate of drug-likeness (QED) is 0.661. The molecule has 1 heterocycles. The molecule has 1 rings (SSSR count). The first kappa shape index (κ1) is 19.4. The molecular formula is C17H36N2O. The summed E-state index contributed by atoms with van der Waals surface area (Å²) in [6.07, 6.45) is 11.8. The average Bonchev–Trinajstić information content (AvgIpc) is 2.47. The van der Waals surface area contributed by atoms with Crippen molar-refractivity contribution in [3.63, 3.8) is 0 Å². The minimum atomic E-state index is 0.241. The van der Waals surface area contributed by atoms with E-state index < -0.39 is 0 Å². The maximum atomic E-state index is 11.5. The lowest BCUT2D eigenvalue weighted by atomic mass is 10.1. The highest BCUT2D eigenvalue weighted by Gasteiger charge is 2.14. The summed E-state index contributed by atoms with van der Waals surface area (Å²) in [4.78, 5) is 11.5. The molecule has 0 atom stereocenters. The summed E-state index contributed by atoms with van der Waals surface area (Å²) in [6, 6.07) is 0.422. The summed E-state index contributed by atoms with van der Waals surface area (Å²) in [5.74, 6) is 0.241. The van der Waals surface area contributed by atoms with Gasteiger partial charge in [0.2, 0.25) is 5.91 Å². The van der Waals surface area contributed by atoms with Gasteiger partial charge in [-0.15, -0.1) is 0 Å². The van der Waals surface area contributed by atoms with Crippen LogP contribution in [0, 0.1) is 0 Å². The monoisotopic (exact) mass is 284 g/mol. The topological polar surface area (TPSA) is 41.1 Å². The Kier molecular flexibility index (Phi) is 14.4. The molecule has 1 saturated heterocycles. The van der Waals surface area contributed by atoms with E-state index in [0.29, 0.717) is 12.5 Å². The lowest BCUT2D eigenvalue weighted by Gasteiger charge is -2.23. The summed E-state index contributed by atoms with van der Waals surface area (Å²) in [5.41, 5.74) is 0. The number of amides is 1. The fourth-order valence-corrected chi connectivity index (χ4v) is 2.30. The molecule has 0 unspecified atom stereocenters. The summed E-state index contributed by atoms with van der Waals surface area (Å²) < 4.78 is 0. The van der Waals surface area contributed by atoms with Crippen molar-refractivity contribution < 1.29 is 4.79 Å². The fraction of sp³-hybridized carbons (Fsp3) is 0.941. The normalized spacial score (nSPS) is 15.3. The molecule has 1 amide bonds. The van der Waals surface area contributed by atoms with E-state index in [0.717, 1.165) is 32.4 Å². The maximum absolute atomic E-state index is 11.5. The van der Waals surface area contributed by atoms with Crippen LogP contribution in [0.1, 0.15) is 85.0 Å². The Morgan fingerprint density at radius 3 is 1.95 bits per heavy atom. The van der Waals surface area contributed by atoms with E-state index in [1.165, 1.54) is 38.5 Å². The molecule has 3 nitrogen and oxygen atoms in total. The standard InChI is InChI=1S/C11H22N2O.C6H14/c1-2-3-4-5-11(14)13-10-6-8-12-9-7-10;1-3-5-6-4-2/h10,12H,2-9H2,1H3,(H,13,14);3-6H2,1-2H3. The average molecular weight is 284 g/mol. The van der Waals surface area contributed by atoms with Crippen LogP contribution in [0.3, 0.4) is 0 Å². The van der Waals surface area contributed by atoms with Crippen LogP contribution in [-0.4, -0.2) is 25.0 Å². The molecule has 0 aromatic heterocycles. The molecule has 20 heavy (non-hydrogen) atoms. The van der Waals surface area contributed by atoms with Gasteiger partial charge in [-0.3, -0.25) is 4.79 Å². The van der Waals surface area contributed by atoms with Crippen molar-refractivity contribution in [1.29, 1.82) is 0 Å². The molecule has 0 bridgehead atoms. The van der Waals surface area contributed by atoms with Crippen LogP contribution < -0.4 is 10.6 Å². The third kappa shape index (κ3) is 12.5. The van der Waals surface area contributed by atoms with Crippen LogP contribution in [-0.2, 0) is 4.79 Å². The zero-order valence-corrected chi connectivity index (χ0v) is 14.0. The van der Waals surface area contributed by atoms with Gasteiger partial charge in [-0.1, -0.05) is 59.3 Å². The van der Waals surface area contributed by atoms with Crippen molar-refractivity contribution in [3.8, 4) is 0 Å². The summed E-state index contributed by atoms with van der Waals surface area (Å²) in [6.45, 7) is 8.70. The Bertz CT molecular complexity index is 209. The van der Waals surface area contributed by atoms with Gasteiger partial charge in [0.25, 0.3) is 0 Å². The zero-order chi connectivity index (χ0) is 15.1. The van der Waals surface area contributed by atoms with E-state index in [2.05, 4.69) is 31.4 Å². The third-order valence-electron chi connectivity index (χ3n) is 3.67. The Labute approximate surface area is 126 Å². The molecule has 1 aliphatic rings. The second-order valence-electron chi connectivity index (χ2n) is 5.76. The Morgan fingerprint density at radius 2 is 1.45 bits per heavy atom. The molecule has 0 aliphatic carbocycles. The molecule has 2 N–H and O–H groups in total. The summed E-state index contributed by atoms with van der Waals surface area (Å²) in [5, 5.41) is 6.39. The van der Waals surface area contributed by atoms with E-state index in [9.17, 15) is 4.79 Å². The SMILES string of the molecule is CCCCCC.CCCCCC(=O)NC1CCNCC1. The van der Waals surface area contributed by atoms with Crippen molar-refractivity contribution in [2.24, 2.45) is 0 Å². The molecular weight excluding hydrogens is 248 g/mol. The molecule has 0 saturated carbocycles. The summed E-state index contributed by atoms with van der Waals surface area (Å²) in [7, 11) is 0. The number of carbonyl (C=O) groups is 1. The van der Waals surface area contributed by atoms with Crippen LogP contribution in [0.4, 0.5) is 0 Å². The number of unbranched alkanes of at least 4 members (excludes halogenated alkanes) is 5.